The standard InChI is InChI=1S/C20H34N4O4/c1-5-21-20(22-9-6-10-24-11-13-28-14-12-24)23-15-16-7-8-17(25-2)19(27-4)18(16)26-3/h7-8H,5-6,9-15H2,1-4H3,(H2,21,22,23). The second-order valence-electron chi connectivity index (χ2n) is 6.42. The van der Waals surface area contributed by atoms with Crippen LogP contribution in [-0.4, -0.2) is 78.1 Å². The maximum atomic E-state index is 5.54. The number of morpholine rings is 1. The Balaban J connectivity index is 1.94. The predicted octanol–water partition coefficient (Wildman–Crippen LogP) is 1.49. The Labute approximate surface area is 168 Å². The highest BCUT2D eigenvalue weighted by atomic mass is 16.5. The van der Waals surface area contributed by atoms with E-state index in [1.165, 1.54) is 0 Å². The first-order chi connectivity index (χ1) is 13.7. The molecule has 8 heteroatoms. The van der Waals surface area contributed by atoms with Gasteiger partial charge in [0.2, 0.25) is 5.75 Å². The zero-order valence-electron chi connectivity index (χ0n) is 17.5. The summed E-state index contributed by atoms with van der Waals surface area (Å²) in [4.78, 5) is 7.13. The minimum Gasteiger partial charge on any atom is -0.493 e. The van der Waals surface area contributed by atoms with Gasteiger partial charge in [0.1, 0.15) is 0 Å². The molecule has 2 rings (SSSR count). The van der Waals surface area contributed by atoms with Gasteiger partial charge in [-0.15, -0.1) is 0 Å². The molecule has 0 saturated carbocycles. The van der Waals surface area contributed by atoms with Crippen LogP contribution in [0.25, 0.3) is 0 Å². The van der Waals surface area contributed by atoms with E-state index in [4.69, 9.17) is 23.9 Å². The molecule has 2 N–H and O–H groups in total. The molecule has 0 bridgehead atoms. The minimum absolute atomic E-state index is 0.475. The van der Waals surface area contributed by atoms with Crippen molar-refractivity contribution in [2.45, 2.75) is 19.9 Å². The Morgan fingerprint density at radius 3 is 2.46 bits per heavy atom. The predicted molar refractivity (Wildman–Crippen MR) is 111 cm³/mol. The molecule has 1 aliphatic heterocycles. The van der Waals surface area contributed by atoms with Gasteiger partial charge in [0, 0.05) is 31.7 Å². The van der Waals surface area contributed by atoms with Crippen LogP contribution in [0, 0.1) is 0 Å². The van der Waals surface area contributed by atoms with Crippen molar-refractivity contribution < 1.29 is 18.9 Å². The van der Waals surface area contributed by atoms with E-state index in [-0.39, 0.29) is 0 Å². The summed E-state index contributed by atoms with van der Waals surface area (Å²) in [6.45, 7) is 8.99. The van der Waals surface area contributed by atoms with Gasteiger partial charge < -0.3 is 29.6 Å². The number of rotatable bonds is 10. The number of benzene rings is 1. The van der Waals surface area contributed by atoms with E-state index in [1.807, 2.05) is 12.1 Å². The second kappa shape index (κ2) is 12.3. The normalized spacial score (nSPS) is 15.2. The topological polar surface area (TPSA) is 76.6 Å². The number of nitrogens with zero attached hydrogens (tertiary/aromatic N) is 2. The molecule has 0 aliphatic carbocycles. The molecule has 8 nitrogen and oxygen atoms in total. The summed E-state index contributed by atoms with van der Waals surface area (Å²) in [6.07, 6.45) is 1.06. The summed E-state index contributed by atoms with van der Waals surface area (Å²) >= 11 is 0. The summed E-state index contributed by atoms with van der Waals surface area (Å²) in [5.41, 5.74) is 0.936. The molecule has 1 aliphatic rings. The van der Waals surface area contributed by atoms with Crippen molar-refractivity contribution in [1.29, 1.82) is 0 Å². The highest BCUT2D eigenvalue weighted by Crippen LogP contribution is 2.39. The monoisotopic (exact) mass is 394 g/mol. The van der Waals surface area contributed by atoms with Gasteiger partial charge in [-0.25, -0.2) is 4.99 Å². The van der Waals surface area contributed by atoms with Crippen molar-refractivity contribution in [2.24, 2.45) is 4.99 Å². The molecule has 1 aromatic rings. The Morgan fingerprint density at radius 1 is 1.07 bits per heavy atom. The Hall–Kier alpha value is -2.19. The smallest absolute Gasteiger partial charge is 0.203 e. The van der Waals surface area contributed by atoms with Crippen molar-refractivity contribution in [2.75, 3.05) is 67.3 Å². The molecule has 0 spiro atoms. The number of guanidine groups is 1. The second-order valence-corrected chi connectivity index (χ2v) is 6.42. The molecular weight excluding hydrogens is 360 g/mol. The van der Waals surface area contributed by atoms with Crippen molar-refractivity contribution in [3.8, 4) is 17.2 Å². The number of methoxy groups -OCH3 is 3. The van der Waals surface area contributed by atoms with Crippen LogP contribution in [0.3, 0.4) is 0 Å². The van der Waals surface area contributed by atoms with Crippen molar-refractivity contribution in [3.63, 3.8) is 0 Å². The van der Waals surface area contributed by atoms with Crippen molar-refractivity contribution in [3.05, 3.63) is 17.7 Å². The number of hydrogen-bond acceptors (Lipinski definition) is 6. The fourth-order valence-electron chi connectivity index (χ4n) is 3.13. The molecular formula is C20H34N4O4. The molecule has 1 aromatic carbocycles. The van der Waals surface area contributed by atoms with Crippen LogP contribution in [0.5, 0.6) is 17.2 Å². The molecule has 0 atom stereocenters. The van der Waals surface area contributed by atoms with Crippen molar-refractivity contribution >= 4 is 5.96 Å². The van der Waals surface area contributed by atoms with E-state index in [0.717, 1.165) is 63.9 Å². The van der Waals surface area contributed by atoms with Gasteiger partial charge in [0.15, 0.2) is 17.5 Å². The first-order valence-corrected chi connectivity index (χ1v) is 9.83. The molecule has 0 unspecified atom stereocenters. The van der Waals surface area contributed by atoms with E-state index >= 15 is 0 Å². The molecule has 0 amide bonds. The van der Waals surface area contributed by atoms with E-state index < -0.39 is 0 Å². The molecule has 158 valence electrons. The summed E-state index contributed by atoms with van der Waals surface area (Å²) in [5, 5.41) is 6.69. The zero-order valence-corrected chi connectivity index (χ0v) is 17.5. The number of aliphatic imine (C=N–C) groups is 1. The van der Waals surface area contributed by atoms with Crippen LogP contribution in [0.4, 0.5) is 0 Å². The number of nitrogens with one attached hydrogen (secondary N) is 2. The van der Waals surface area contributed by atoms with Crippen LogP contribution >= 0.6 is 0 Å². The maximum Gasteiger partial charge on any atom is 0.203 e. The van der Waals surface area contributed by atoms with Crippen LogP contribution < -0.4 is 24.8 Å². The lowest BCUT2D eigenvalue weighted by molar-refractivity contribution is 0.0376. The van der Waals surface area contributed by atoms with Gasteiger partial charge in [0.25, 0.3) is 0 Å². The Kier molecular flexibility index (Phi) is 9.71. The number of ether oxygens (including phenoxy) is 4. The van der Waals surface area contributed by atoms with Gasteiger partial charge in [-0.2, -0.15) is 0 Å². The van der Waals surface area contributed by atoms with Gasteiger partial charge in [-0.05, 0) is 32.0 Å². The molecule has 1 fully saturated rings. The first-order valence-electron chi connectivity index (χ1n) is 9.83. The third kappa shape index (κ3) is 6.45. The first kappa shape index (κ1) is 22.1. The van der Waals surface area contributed by atoms with E-state index in [0.29, 0.717) is 23.8 Å². The average Bonchev–Trinajstić information content (AvgIpc) is 2.74. The van der Waals surface area contributed by atoms with Gasteiger partial charge in [-0.1, -0.05) is 0 Å². The largest absolute Gasteiger partial charge is 0.493 e. The Bertz CT molecular complexity index is 618. The molecule has 28 heavy (non-hydrogen) atoms. The number of hydrogen-bond donors (Lipinski definition) is 2. The van der Waals surface area contributed by atoms with Gasteiger partial charge >= 0.3 is 0 Å². The lowest BCUT2D eigenvalue weighted by atomic mass is 10.1. The summed E-state index contributed by atoms with van der Waals surface area (Å²) in [5.74, 6) is 2.66. The molecule has 1 heterocycles. The summed E-state index contributed by atoms with van der Waals surface area (Å²) in [7, 11) is 4.84. The lowest BCUT2D eigenvalue weighted by Gasteiger charge is -2.26. The molecule has 0 aromatic heterocycles. The maximum absolute atomic E-state index is 5.54. The molecule has 0 radical (unpaired) electrons. The Morgan fingerprint density at radius 2 is 1.82 bits per heavy atom. The highest BCUT2D eigenvalue weighted by Gasteiger charge is 2.15. The van der Waals surface area contributed by atoms with Crippen molar-refractivity contribution in [1.82, 2.24) is 15.5 Å². The third-order valence-corrected chi connectivity index (χ3v) is 4.58. The van der Waals surface area contributed by atoms with Crippen LogP contribution in [0.2, 0.25) is 0 Å². The fraction of sp³-hybridized carbons (Fsp3) is 0.650. The summed E-state index contributed by atoms with van der Waals surface area (Å²) in [6, 6.07) is 3.82. The summed E-state index contributed by atoms with van der Waals surface area (Å²) < 4.78 is 21.7. The van der Waals surface area contributed by atoms with E-state index in [2.05, 4.69) is 22.5 Å². The third-order valence-electron chi connectivity index (χ3n) is 4.58. The lowest BCUT2D eigenvalue weighted by Crippen LogP contribution is -2.40. The van der Waals surface area contributed by atoms with Gasteiger partial charge in [-0.3, -0.25) is 4.90 Å². The van der Waals surface area contributed by atoms with E-state index in [9.17, 15) is 0 Å². The molecule has 1 saturated heterocycles. The average molecular weight is 395 g/mol. The quantitative estimate of drug-likeness (QED) is 0.354. The van der Waals surface area contributed by atoms with E-state index in [1.54, 1.807) is 21.3 Å². The highest BCUT2D eigenvalue weighted by molar-refractivity contribution is 5.79. The van der Waals surface area contributed by atoms with Crippen LogP contribution in [0.1, 0.15) is 18.9 Å². The zero-order chi connectivity index (χ0) is 20.2. The van der Waals surface area contributed by atoms with Gasteiger partial charge in [0.05, 0.1) is 41.1 Å². The minimum atomic E-state index is 0.475. The van der Waals surface area contributed by atoms with Crippen LogP contribution in [-0.2, 0) is 11.3 Å². The van der Waals surface area contributed by atoms with Crippen LogP contribution in [0.15, 0.2) is 17.1 Å². The fourth-order valence-corrected chi connectivity index (χ4v) is 3.13. The SMILES string of the molecule is CCNC(=NCc1ccc(OC)c(OC)c1OC)NCCCN1CCOCC1.